The second-order valence-electron chi connectivity index (χ2n) is 4.43. The molecule has 2 aliphatic heterocycles. The molecule has 0 aliphatic carbocycles. The maximum absolute atomic E-state index is 11.9. The Hall–Kier alpha value is -1.82. The van der Waals surface area contributed by atoms with Gasteiger partial charge in [-0.25, -0.2) is 9.59 Å². The van der Waals surface area contributed by atoms with Gasteiger partial charge in [0.25, 0.3) is 0 Å². The first-order valence-electron chi connectivity index (χ1n) is 5.78. The molecule has 0 saturated carbocycles. The quantitative estimate of drug-likeness (QED) is 0.804. The molecule has 19 heavy (non-hydrogen) atoms. The largest absolute Gasteiger partial charge is 0.456 e. The van der Waals surface area contributed by atoms with Crippen molar-refractivity contribution in [1.29, 1.82) is 0 Å². The Labute approximate surface area is 118 Å². The molecule has 1 atom stereocenters. The van der Waals surface area contributed by atoms with Crippen molar-refractivity contribution in [1.82, 2.24) is 10.2 Å². The Balaban J connectivity index is 2.08. The van der Waals surface area contributed by atoms with Crippen LogP contribution in [0.1, 0.15) is 11.6 Å². The van der Waals surface area contributed by atoms with Crippen LogP contribution in [-0.4, -0.2) is 30.6 Å². The van der Waals surface area contributed by atoms with E-state index in [9.17, 15) is 9.59 Å². The Morgan fingerprint density at radius 3 is 2.68 bits per heavy atom. The fourth-order valence-electron chi connectivity index (χ4n) is 2.29. The van der Waals surface area contributed by atoms with Crippen molar-refractivity contribution in [3.63, 3.8) is 0 Å². The molecule has 5 nitrogen and oxygen atoms in total. The van der Waals surface area contributed by atoms with Crippen LogP contribution >= 0.6 is 15.9 Å². The average molecular weight is 323 g/mol. The lowest BCUT2D eigenvalue weighted by molar-refractivity contribution is -0.136. The Bertz CT molecular complexity index is 594. The van der Waals surface area contributed by atoms with Gasteiger partial charge >= 0.3 is 12.0 Å². The van der Waals surface area contributed by atoms with Gasteiger partial charge in [0.2, 0.25) is 0 Å². The molecule has 1 unspecified atom stereocenters. The standard InChI is InChI=1S/C13H11BrN2O3/c1-16-9-6-19-12(17)10(9)11(15-13(16)18)7-2-4-8(14)5-3-7/h2-5,11H,6H2,1H3,(H,15,18). The molecule has 0 bridgehead atoms. The number of likely N-dealkylation sites (N-methyl/N-ethyl adjacent to an activating group) is 1. The number of cyclic esters (lactones) is 1. The molecular weight excluding hydrogens is 312 g/mol. The first-order chi connectivity index (χ1) is 9.08. The topological polar surface area (TPSA) is 58.6 Å². The smallest absolute Gasteiger partial charge is 0.338 e. The summed E-state index contributed by atoms with van der Waals surface area (Å²) in [5.41, 5.74) is 2.02. The Morgan fingerprint density at radius 1 is 1.32 bits per heavy atom. The maximum atomic E-state index is 11.9. The van der Waals surface area contributed by atoms with Gasteiger partial charge < -0.3 is 10.1 Å². The van der Waals surface area contributed by atoms with Gasteiger partial charge in [0.15, 0.2) is 0 Å². The summed E-state index contributed by atoms with van der Waals surface area (Å²) >= 11 is 3.36. The van der Waals surface area contributed by atoms with Crippen LogP contribution in [0.3, 0.4) is 0 Å². The lowest BCUT2D eigenvalue weighted by atomic mass is 9.96. The van der Waals surface area contributed by atoms with Gasteiger partial charge in [-0.2, -0.15) is 0 Å². The molecule has 3 rings (SSSR count). The summed E-state index contributed by atoms with van der Waals surface area (Å²) < 4.78 is 5.98. The molecule has 0 spiro atoms. The predicted molar refractivity (Wildman–Crippen MR) is 71.2 cm³/mol. The first-order valence-corrected chi connectivity index (χ1v) is 6.57. The molecule has 98 valence electrons. The van der Waals surface area contributed by atoms with E-state index in [4.69, 9.17) is 4.74 Å². The fraction of sp³-hybridized carbons (Fsp3) is 0.231. The van der Waals surface area contributed by atoms with E-state index in [1.54, 1.807) is 7.05 Å². The van der Waals surface area contributed by atoms with E-state index in [2.05, 4.69) is 21.2 Å². The number of esters is 1. The zero-order valence-electron chi connectivity index (χ0n) is 10.1. The van der Waals surface area contributed by atoms with Gasteiger partial charge in [-0.05, 0) is 17.7 Å². The zero-order chi connectivity index (χ0) is 13.6. The summed E-state index contributed by atoms with van der Waals surface area (Å²) in [6, 6.07) is 6.82. The molecule has 1 aromatic carbocycles. The number of ether oxygens (including phenoxy) is 1. The molecule has 0 fully saturated rings. The highest BCUT2D eigenvalue weighted by Gasteiger charge is 2.40. The molecule has 6 heteroatoms. The fourth-order valence-corrected chi connectivity index (χ4v) is 2.55. The van der Waals surface area contributed by atoms with Crippen LogP contribution in [0.4, 0.5) is 4.79 Å². The average Bonchev–Trinajstić information content (AvgIpc) is 2.78. The number of amides is 2. The molecule has 2 aliphatic rings. The van der Waals surface area contributed by atoms with Gasteiger partial charge in [-0.1, -0.05) is 28.1 Å². The van der Waals surface area contributed by atoms with E-state index in [0.29, 0.717) is 11.3 Å². The summed E-state index contributed by atoms with van der Waals surface area (Å²) in [4.78, 5) is 25.2. The molecular formula is C13H11BrN2O3. The summed E-state index contributed by atoms with van der Waals surface area (Å²) in [6.07, 6.45) is 0. The van der Waals surface area contributed by atoms with Crippen molar-refractivity contribution in [3.05, 3.63) is 45.6 Å². The molecule has 0 aromatic heterocycles. The number of nitrogens with zero attached hydrogens (tertiary/aromatic N) is 1. The minimum Gasteiger partial charge on any atom is -0.456 e. The number of hydrogen-bond acceptors (Lipinski definition) is 3. The number of hydrogen-bond donors (Lipinski definition) is 1. The van der Waals surface area contributed by atoms with E-state index >= 15 is 0 Å². The SMILES string of the molecule is CN1C(=O)NC(c2ccc(Br)cc2)C2=C1COC2=O. The van der Waals surface area contributed by atoms with Gasteiger partial charge in [0, 0.05) is 11.5 Å². The summed E-state index contributed by atoms with van der Waals surface area (Å²) in [5.74, 6) is -0.366. The van der Waals surface area contributed by atoms with Crippen LogP contribution in [0, 0.1) is 0 Å². The van der Waals surface area contributed by atoms with Crippen LogP contribution in [0.15, 0.2) is 40.0 Å². The predicted octanol–water partition coefficient (Wildman–Crippen LogP) is 1.96. The number of halogens is 1. The summed E-state index contributed by atoms with van der Waals surface area (Å²) in [7, 11) is 1.63. The number of rotatable bonds is 1. The highest BCUT2D eigenvalue weighted by atomic mass is 79.9. The van der Waals surface area contributed by atoms with E-state index < -0.39 is 6.04 Å². The van der Waals surface area contributed by atoms with Crippen molar-refractivity contribution in [3.8, 4) is 0 Å². The number of urea groups is 1. The molecule has 0 radical (unpaired) electrons. The highest BCUT2D eigenvalue weighted by Crippen LogP contribution is 2.34. The molecule has 0 saturated heterocycles. The van der Waals surface area contributed by atoms with E-state index in [0.717, 1.165) is 10.0 Å². The summed E-state index contributed by atoms with van der Waals surface area (Å²) in [6.45, 7) is 0.158. The van der Waals surface area contributed by atoms with Crippen molar-refractivity contribution < 1.29 is 14.3 Å². The number of nitrogens with one attached hydrogen (secondary N) is 1. The second kappa shape index (κ2) is 4.38. The van der Waals surface area contributed by atoms with Crippen molar-refractivity contribution in [2.45, 2.75) is 6.04 Å². The van der Waals surface area contributed by atoms with Crippen molar-refractivity contribution in [2.24, 2.45) is 0 Å². The normalized spacial score (nSPS) is 22.2. The highest BCUT2D eigenvalue weighted by molar-refractivity contribution is 9.10. The van der Waals surface area contributed by atoms with Gasteiger partial charge in [0.1, 0.15) is 6.61 Å². The van der Waals surface area contributed by atoms with Crippen LogP contribution in [0.5, 0.6) is 0 Å². The second-order valence-corrected chi connectivity index (χ2v) is 5.35. The zero-order valence-corrected chi connectivity index (χ0v) is 11.7. The van der Waals surface area contributed by atoms with Gasteiger partial charge in [0.05, 0.1) is 17.3 Å². The number of carbonyl (C=O) groups is 2. The molecule has 1 N–H and O–H groups in total. The minimum atomic E-state index is -0.443. The third kappa shape index (κ3) is 1.92. The monoisotopic (exact) mass is 322 g/mol. The van der Waals surface area contributed by atoms with Gasteiger partial charge in [-0.3, -0.25) is 4.90 Å². The van der Waals surface area contributed by atoms with Crippen LogP contribution < -0.4 is 5.32 Å². The Morgan fingerprint density at radius 2 is 2.00 bits per heavy atom. The molecule has 2 amide bonds. The van der Waals surface area contributed by atoms with E-state index in [-0.39, 0.29) is 18.6 Å². The summed E-state index contributed by atoms with van der Waals surface area (Å²) in [5, 5.41) is 2.82. The third-order valence-corrected chi connectivity index (χ3v) is 3.87. The van der Waals surface area contributed by atoms with Crippen molar-refractivity contribution >= 4 is 27.9 Å². The number of carbonyl (C=O) groups excluding carboxylic acids is 2. The minimum absolute atomic E-state index is 0.158. The van der Waals surface area contributed by atoms with Crippen LogP contribution in [-0.2, 0) is 9.53 Å². The lowest BCUT2D eigenvalue weighted by Gasteiger charge is -2.30. The van der Waals surface area contributed by atoms with Gasteiger partial charge in [-0.15, -0.1) is 0 Å². The van der Waals surface area contributed by atoms with Crippen molar-refractivity contribution in [2.75, 3.05) is 13.7 Å². The van der Waals surface area contributed by atoms with Crippen LogP contribution in [0.2, 0.25) is 0 Å². The molecule has 2 heterocycles. The van der Waals surface area contributed by atoms with E-state index in [1.165, 1.54) is 4.90 Å². The maximum Gasteiger partial charge on any atom is 0.338 e. The Kier molecular flexibility index (Phi) is 2.82. The molecule has 1 aromatic rings. The first kappa shape index (κ1) is 12.2. The lowest BCUT2D eigenvalue weighted by Crippen LogP contribution is -2.45. The third-order valence-electron chi connectivity index (χ3n) is 3.34. The van der Waals surface area contributed by atoms with Crippen LogP contribution in [0.25, 0.3) is 0 Å². The number of benzene rings is 1. The van der Waals surface area contributed by atoms with E-state index in [1.807, 2.05) is 24.3 Å².